The smallest absolute Gasteiger partial charge is 0.418 e. The van der Waals surface area contributed by atoms with Gasteiger partial charge in [-0.15, -0.1) is 0 Å². The third-order valence-corrected chi connectivity index (χ3v) is 10.6. The molecule has 3 aromatic rings. The maximum atomic E-state index is 15.5. The molecule has 270 valence electrons. The number of nitrogens with zero attached hydrogens (tertiary/aromatic N) is 7. The van der Waals surface area contributed by atoms with Crippen molar-refractivity contribution in [1.82, 2.24) is 29.5 Å². The molecule has 2 fully saturated rings. The Labute approximate surface area is 290 Å². The van der Waals surface area contributed by atoms with Gasteiger partial charge < -0.3 is 25.0 Å². The van der Waals surface area contributed by atoms with Gasteiger partial charge in [-0.25, -0.2) is 8.78 Å². The lowest BCUT2D eigenvalue weighted by atomic mass is 9.93. The first-order chi connectivity index (χ1) is 23.7. The molecule has 0 saturated carbocycles. The number of hydrogen-bond donors (Lipinski definition) is 1. The average molecular weight is 725 g/mol. The predicted molar refractivity (Wildman–Crippen MR) is 173 cm³/mol. The van der Waals surface area contributed by atoms with Gasteiger partial charge in [-0.2, -0.15) is 28.2 Å². The molecule has 0 radical (unpaired) electrons. The molecule has 4 aliphatic heterocycles. The van der Waals surface area contributed by atoms with Gasteiger partial charge in [0.1, 0.15) is 18.6 Å². The van der Waals surface area contributed by atoms with Crippen LogP contribution >= 0.6 is 11.6 Å². The summed E-state index contributed by atoms with van der Waals surface area (Å²) in [5, 5.41) is 3.87. The van der Waals surface area contributed by atoms with Crippen LogP contribution in [-0.2, 0) is 37.0 Å². The van der Waals surface area contributed by atoms with Crippen LogP contribution in [0, 0.1) is 12.7 Å². The summed E-state index contributed by atoms with van der Waals surface area (Å²) in [4.78, 5) is 27.9. The van der Waals surface area contributed by atoms with Crippen molar-refractivity contribution < 1.29 is 36.2 Å². The zero-order valence-electron chi connectivity index (χ0n) is 27.9. The Morgan fingerprint density at radius 2 is 2.00 bits per heavy atom. The highest BCUT2D eigenvalue weighted by molar-refractivity contribution is 6.31. The fraction of sp³-hybridized carbons (Fsp3) is 0.576. The minimum atomic E-state index is -4.99. The summed E-state index contributed by atoms with van der Waals surface area (Å²) in [6.07, 6.45) is -5.03. The number of aromatic nitrogens is 4. The lowest BCUT2D eigenvalue weighted by molar-refractivity contribution is -0.140. The lowest BCUT2D eigenvalue weighted by Crippen LogP contribution is -2.43. The summed E-state index contributed by atoms with van der Waals surface area (Å²) in [6, 6.07) is 0.718. The Morgan fingerprint density at radius 3 is 2.74 bits per heavy atom. The van der Waals surface area contributed by atoms with Crippen molar-refractivity contribution in [3.05, 3.63) is 56.2 Å². The number of halogens is 6. The van der Waals surface area contributed by atoms with E-state index in [-0.39, 0.29) is 31.6 Å². The maximum absolute atomic E-state index is 15.5. The van der Waals surface area contributed by atoms with Crippen molar-refractivity contribution in [3.63, 3.8) is 0 Å². The summed E-state index contributed by atoms with van der Waals surface area (Å²) in [5.74, 6) is -1.04. The average Bonchev–Trinajstić information content (AvgIpc) is 3.62. The highest BCUT2D eigenvalue weighted by Gasteiger charge is 2.49. The Kier molecular flexibility index (Phi) is 8.86. The van der Waals surface area contributed by atoms with Crippen LogP contribution in [-0.4, -0.2) is 87.5 Å². The number of hydrogen-bond acceptors (Lipinski definition) is 9. The highest BCUT2D eigenvalue weighted by Crippen LogP contribution is 2.46. The molecule has 0 bridgehead atoms. The van der Waals surface area contributed by atoms with Crippen molar-refractivity contribution in [2.75, 3.05) is 51.0 Å². The summed E-state index contributed by atoms with van der Waals surface area (Å²) < 4.78 is 86.8. The van der Waals surface area contributed by atoms with E-state index in [1.165, 1.54) is 4.90 Å². The van der Waals surface area contributed by atoms with Gasteiger partial charge in [0.15, 0.2) is 11.5 Å². The van der Waals surface area contributed by atoms with E-state index < -0.39 is 51.6 Å². The first kappa shape index (κ1) is 34.7. The Bertz CT molecular complexity index is 1840. The van der Waals surface area contributed by atoms with E-state index in [0.29, 0.717) is 61.8 Å². The molecule has 17 heteroatoms. The Morgan fingerprint density at radius 1 is 1.22 bits per heavy atom. The van der Waals surface area contributed by atoms with Gasteiger partial charge in [0.2, 0.25) is 0 Å². The molecule has 11 nitrogen and oxygen atoms in total. The van der Waals surface area contributed by atoms with Gasteiger partial charge in [0.05, 0.1) is 52.5 Å². The van der Waals surface area contributed by atoms with E-state index in [9.17, 15) is 22.4 Å². The molecule has 4 aliphatic rings. The Balaban J connectivity index is 1.28. The van der Waals surface area contributed by atoms with E-state index in [1.54, 1.807) is 14.1 Å². The summed E-state index contributed by atoms with van der Waals surface area (Å²) in [5.41, 5.74) is 5.27. The molecule has 7 rings (SSSR count). The number of anilines is 2. The van der Waals surface area contributed by atoms with Crippen LogP contribution < -0.4 is 15.4 Å². The van der Waals surface area contributed by atoms with Crippen molar-refractivity contribution in [2.24, 2.45) is 0 Å². The predicted octanol–water partition coefficient (Wildman–Crippen LogP) is 5.26. The SMILES string of the molecule is Cc1c(C(=O)N(C)C)nn2c1CN(c1nc(OC[C@@]34CCCN3C[C@H](F)C4)nc3c1CO[C@H](c1c(F)c(N)cc(Cl)c1C(F)(F)F)C3)CCC2. The van der Waals surface area contributed by atoms with Crippen LogP contribution in [0.4, 0.5) is 33.5 Å². The largest absolute Gasteiger partial charge is 0.461 e. The van der Waals surface area contributed by atoms with Crippen LogP contribution in [0.25, 0.3) is 0 Å². The van der Waals surface area contributed by atoms with Crippen molar-refractivity contribution in [2.45, 2.75) is 82.7 Å². The number of alkyl halides is 4. The fourth-order valence-corrected chi connectivity index (χ4v) is 8.21. The van der Waals surface area contributed by atoms with Crippen molar-refractivity contribution in [3.8, 4) is 6.01 Å². The van der Waals surface area contributed by atoms with Gasteiger partial charge in [-0.3, -0.25) is 14.4 Å². The van der Waals surface area contributed by atoms with Gasteiger partial charge in [-0.05, 0) is 38.8 Å². The van der Waals surface area contributed by atoms with Crippen LogP contribution in [0.15, 0.2) is 6.07 Å². The monoisotopic (exact) mass is 724 g/mol. The summed E-state index contributed by atoms with van der Waals surface area (Å²) in [6.45, 7) is 4.19. The van der Waals surface area contributed by atoms with Crippen LogP contribution in [0.2, 0.25) is 5.02 Å². The molecule has 0 aliphatic carbocycles. The van der Waals surface area contributed by atoms with Crippen LogP contribution in [0.5, 0.6) is 6.01 Å². The lowest BCUT2D eigenvalue weighted by Gasteiger charge is -2.33. The fourth-order valence-electron chi connectivity index (χ4n) is 7.88. The number of amides is 1. The molecule has 1 aromatic carbocycles. The summed E-state index contributed by atoms with van der Waals surface area (Å²) >= 11 is 5.99. The highest BCUT2D eigenvalue weighted by atomic mass is 35.5. The van der Waals surface area contributed by atoms with E-state index in [0.717, 1.165) is 36.7 Å². The quantitative estimate of drug-likeness (QED) is 0.269. The first-order valence-corrected chi connectivity index (χ1v) is 17.0. The second-order valence-electron chi connectivity index (χ2n) is 13.8. The molecule has 0 unspecified atom stereocenters. The van der Waals surface area contributed by atoms with Gasteiger partial charge in [0, 0.05) is 63.3 Å². The number of carbonyl (C=O) groups excluding carboxylic acids is 1. The minimum absolute atomic E-state index is 0.0250. The van der Waals surface area contributed by atoms with Crippen molar-refractivity contribution in [1.29, 1.82) is 0 Å². The van der Waals surface area contributed by atoms with Gasteiger partial charge >= 0.3 is 12.2 Å². The second kappa shape index (κ2) is 12.8. The molecular formula is C33H38ClF5N8O3. The minimum Gasteiger partial charge on any atom is -0.461 e. The van der Waals surface area contributed by atoms with Crippen LogP contribution in [0.3, 0.4) is 0 Å². The van der Waals surface area contributed by atoms with E-state index in [4.69, 9.17) is 31.8 Å². The van der Waals surface area contributed by atoms with Gasteiger partial charge in [0.25, 0.3) is 5.91 Å². The number of aryl methyl sites for hydroxylation is 1. The van der Waals surface area contributed by atoms with Gasteiger partial charge in [-0.1, -0.05) is 11.6 Å². The number of rotatable bonds is 6. The standard InChI is InChI=1S/C33H38ClF5N8O3/c1-17-23-14-45(7-5-9-47(23)43-28(17)30(48)44(2)3)29-19-15-49-24(25-26(33(37,38)39)20(34)10-21(40)27(25)36)11-22(19)41-31(42-29)50-16-32-6-4-8-46(32)13-18(35)12-32/h10,18,24H,4-9,11-16,40H2,1-3H3/t18-,24+,32+/m1/s1. The maximum Gasteiger partial charge on any atom is 0.418 e. The number of carbonyl (C=O) groups is 1. The molecule has 50 heavy (non-hydrogen) atoms. The number of ether oxygens (including phenoxy) is 2. The molecule has 2 N–H and O–H groups in total. The normalized spacial score (nSPS) is 23.7. The van der Waals surface area contributed by atoms with Crippen LogP contribution in [0.1, 0.15) is 75.9 Å². The number of nitrogens with two attached hydrogens (primary N) is 1. The molecular weight excluding hydrogens is 687 g/mol. The zero-order chi connectivity index (χ0) is 35.7. The first-order valence-electron chi connectivity index (χ1n) is 16.6. The molecule has 0 spiro atoms. The molecule has 6 heterocycles. The van der Waals surface area contributed by atoms with E-state index in [1.807, 2.05) is 16.5 Å². The van der Waals surface area contributed by atoms with E-state index in [2.05, 4.69) is 15.0 Å². The van der Waals surface area contributed by atoms with Crippen molar-refractivity contribution >= 4 is 29.0 Å². The van der Waals surface area contributed by atoms with E-state index >= 15 is 4.39 Å². The third kappa shape index (κ3) is 6.02. The third-order valence-electron chi connectivity index (χ3n) is 10.3. The molecule has 1 amide bonds. The summed E-state index contributed by atoms with van der Waals surface area (Å²) in [7, 11) is 3.32. The molecule has 2 aromatic heterocycles. The Hall–Kier alpha value is -3.76. The second-order valence-corrected chi connectivity index (χ2v) is 14.2. The molecule has 2 saturated heterocycles. The number of benzene rings is 1. The number of nitrogen functional groups attached to an aromatic ring is 1. The topological polar surface area (TPSA) is 115 Å². The number of fused-ring (bicyclic) bond motifs is 3. The zero-order valence-corrected chi connectivity index (χ0v) is 28.7. The molecule has 3 atom stereocenters.